The molecule has 2 aromatic rings. The third-order valence-corrected chi connectivity index (χ3v) is 6.31. The van der Waals surface area contributed by atoms with Crippen molar-refractivity contribution in [3.05, 3.63) is 53.6 Å². The normalized spacial score (nSPS) is 16.0. The minimum absolute atomic E-state index is 0.239. The Morgan fingerprint density at radius 2 is 1.76 bits per heavy atom. The van der Waals surface area contributed by atoms with Crippen LogP contribution < -0.4 is 9.64 Å². The molecule has 0 aliphatic carbocycles. The molecular formula is C18H21ClN2O3S. The van der Waals surface area contributed by atoms with Crippen molar-refractivity contribution in [2.24, 2.45) is 0 Å². The highest BCUT2D eigenvalue weighted by atomic mass is 35.5. The lowest BCUT2D eigenvalue weighted by Crippen LogP contribution is -2.48. The zero-order valence-corrected chi connectivity index (χ0v) is 15.6. The van der Waals surface area contributed by atoms with E-state index in [2.05, 4.69) is 4.90 Å². The first-order valence-electron chi connectivity index (χ1n) is 8.25. The molecule has 0 spiro atoms. The fraction of sp³-hybridized carbons (Fsp3) is 0.333. The molecule has 1 fully saturated rings. The quantitative estimate of drug-likeness (QED) is 0.799. The Morgan fingerprint density at radius 3 is 2.44 bits per heavy atom. The summed E-state index contributed by atoms with van der Waals surface area (Å²) in [6, 6.07) is 14.2. The molecule has 3 rings (SSSR count). The Balaban J connectivity index is 1.74. The summed E-state index contributed by atoms with van der Waals surface area (Å²) >= 11 is 5.94. The maximum Gasteiger partial charge on any atom is 0.243 e. The number of para-hydroxylation sites is 2. The standard InChI is InChI=1S/C18H21ClN2O3S/c1-2-24-18-9-4-3-8-17(18)20-10-12-21(13-11-20)25(22,23)16-7-5-6-15(19)14-16/h3-9,14H,2,10-13H2,1H3. The van der Waals surface area contributed by atoms with E-state index < -0.39 is 10.0 Å². The minimum Gasteiger partial charge on any atom is -0.492 e. The highest BCUT2D eigenvalue weighted by Crippen LogP contribution is 2.30. The fourth-order valence-electron chi connectivity index (χ4n) is 2.94. The van der Waals surface area contributed by atoms with Crippen LogP contribution in [0.3, 0.4) is 0 Å². The summed E-state index contributed by atoms with van der Waals surface area (Å²) in [5, 5.41) is 0.422. The second-order valence-electron chi connectivity index (χ2n) is 5.75. The third-order valence-electron chi connectivity index (χ3n) is 4.18. The Kier molecular flexibility index (Phi) is 5.51. The molecule has 134 valence electrons. The predicted molar refractivity (Wildman–Crippen MR) is 100 cm³/mol. The number of ether oxygens (including phenoxy) is 1. The van der Waals surface area contributed by atoms with Crippen LogP contribution in [0.1, 0.15) is 6.92 Å². The van der Waals surface area contributed by atoms with Crippen molar-refractivity contribution < 1.29 is 13.2 Å². The van der Waals surface area contributed by atoms with Gasteiger partial charge >= 0.3 is 0 Å². The van der Waals surface area contributed by atoms with Crippen molar-refractivity contribution in [3.8, 4) is 5.75 Å². The molecule has 5 nitrogen and oxygen atoms in total. The van der Waals surface area contributed by atoms with E-state index in [1.807, 2.05) is 31.2 Å². The SMILES string of the molecule is CCOc1ccccc1N1CCN(S(=O)(=O)c2cccc(Cl)c2)CC1. The topological polar surface area (TPSA) is 49.9 Å². The Bertz CT molecular complexity index is 834. The van der Waals surface area contributed by atoms with E-state index in [4.69, 9.17) is 16.3 Å². The van der Waals surface area contributed by atoms with E-state index in [1.54, 1.807) is 18.2 Å². The van der Waals surface area contributed by atoms with Gasteiger partial charge in [0.05, 0.1) is 17.2 Å². The molecule has 0 saturated carbocycles. The van der Waals surface area contributed by atoms with Gasteiger partial charge in [-0.25, -0.2) is 8.42 Å². The zero-order chi connectivity index (χ0) is 17.9. The summed E-state index contributed by atoms with van der Waals surface area (Å²) < 4.78 is 32.7. The maximum absolute atomic E-state index is 12.8. The number of nitrogens with zero attached hydrogens (tertiary/aromatic N) is 2. The summed E-state index contributed by atoms with van der Waals surface area (Å²) in [6.07, 6.45) is 0. The van der Waals surface area contributed by atoms with Crippen molar-refractivity contribution in [3.63, 3.8) is 0 Å². The smallest absolute Gasteiger partial charge is 0.243 e. The first-order valence-corrected chi connectivity index (χ1v) is 10.1. The van der Waals surface area contributed by atoms with Gasteiger partial charge in [-0.05, 0) is 37.3 Å². The largest absolute Gasteiger partial charge is 0.492 e. The average molecular weight is 381 g/mol. The molecule has 25 heavy (non-hydrogen) atoms. The van der Waals surface area contributed by atoms with Gasteiger partial charge in [-0.1, -0.05) is 29.8 Å². The third kappa shape index (κ3) is 3.92. The van der Waals surface area contributed by atoms with Crippen molar-refractivity contribution in [1.29, 1.82) is 0 Å². The van der Waals surface area contributed by atoms with Crippen LogP contribution in [-0.2, 0) is 10.0 Å². The second-order valence-corrected chi connectivity index (χ2v) is 8.12. The van der Waals surface area contributed by atoms with Gasteiger partial charge in [-0.3, -0.25) is 0 Å². The van der Waals surface area contributed by atoms with Crippen LogP contribution in [0.2, 0.25) is 5.02 Å². The number of hydrogen-bond donors (Lipinski definition) is 0. The summed E-state index contributed by atoms with van der Waals surface area (Å²) in [7, 11) is -3.52. The molecule has 0 amide bonds. The molecule has 0 aromatic heterocycles. The molecule has 1 saturated heterocycles. The summed E-state index contributed by atoms with van der Waals surface area (Å²) in [5.74, 6) is 0.830. The second kappa shape index (κ2) is 7.64. The molecule has 1 aliphatic heterocycles. The average Bonchev–Trinajstić information content (AvgIpc) is 2.63. The van der Waals surface area contributed by atoms with Crippen molar-refractivity contribution in [2.45, 2.75) is 11.8 Å². The van der Waals surface area contributed by atoms with Gasteiger partial charge in [0, 0.05) is 31.2 Å². The lowest BCUT2D eigenvalue weighted by Gasteiger charge is -2.36. The molecule has 1 heterocycles. The first-order chi connectivity index (χ1) is 12.0. The molecule has 0 N–H and O–H groups in total. The number of piperazine rings is 1. The number of benzene rings is 2. The lowest BCUT2D eigenvalue weighted by atomic mass is 10.2. The zero-order valence-electron chi connectivity index (χ0n) is 14.1. The highest BCUT2D eigenvalue weighted by molar-refractivity contribution is 7.89. The number of sulfonamides is 1. The van der Waals surface area contributed by atoms with Crippen LogP contribution in [0.5, 0.6) is 5.75 Å². The monoisotopic (exact) mass is 380 g/mol. The van der Waals surface area contributed by atoms with Crippen LogP contribution in [0.25, 0.3) is 0 Å². The van der Waals surface area contributed by atoms with E-state index in [0.29, 0.717) is 37.8 Å². The van der Waals surface area contributed by atoms with Gasteiger partial charge in [0.15, 0.2) is 0 Å². The van der Waals surface area contributed by atoms with Gasteiger partial charge in [-0.2, -0.15) is 4.31 Å². The summed E-state index contributed by atoms with van der Waals surface area (Å²) in [6.45, 7) is 4.63. The van der Waals surface area contributed by atoms with Gasteiger partial charge in [-0.15, -0.1) is 0 Å². The number of halogens is 1. The maximum atomic E-state index is 12.8. The van der Waals surface area contributed by atoms with Crippen LogP contribution in [0.15, 0.2) is 53.4 Å². The van der Waals surface area contributed by atoms with E-state index in [1.165, 1.54) is 10.4 Å². The minimum atomic E-state index is -3.52. The van der Waals surface area contributed by atoms with Crippen molar-refractivity contribution in [1.82, 2.24) is 4.31 Å². The number of rotatable bonds is 5. The predicted octanol–water partition coefficient (Wildman–Crippen LogP) is 3.25. The Hall–Kier alpha value is -1.76. The fourth-order valence-corrected chi connectivity index (χ4v) is 4.67. The molecule has 0 bridgehead atoms. The first kappa shape index (κ1) is 18.0. The summed E-state index contributed by atoms with van der Waals surface area (Å²) in [5.41, 5.74) is 1.00. The van der Waals surface area contributed by atoms with Gasteiger partial charge < -0.3 is 9.64 Å². The Labute approximate surface area is 153 Å². The molecule has 7 heteroatoms. The summed E-state index contributed by atoms with van der Waals surface area (Å²) in [4.78, 5) is 2.40. The van der Waals surface area contributed by atoms with E-state index >= 15 is 0 Å². The number of anilines is 1. The van der Waals surface area contributed by atoms with Crippen LogP contribution in [0, 0.1) is 0 Å². The van der Waals surface area contributed by atoms with Crippen molar-refractivity contribution in [2.75, 3.05) is 37.7 Å². The highest BCUT2D eigenvalue weighted by Gasteiger charge is 2.29. The van der Waals surface area contributed by atoms with E-state index in [-0.39, 0.29) is 4.90 Å². The van der Waals surface area contributed by atoms with Gasteiger partial charge in [0.1, 0.15) is 5.75 Å². The molecule has 2 aromatic carbocycles. The van der Waals surface area contributed by atoms with E-state index in [9.17, 15) is 8.42 Å². The van der Waals surface area contributed by atoms with Gasteiger partial charge in [0.2, 0.25) is 10.0 Å². The molecule has 1 aliphatic rings. The molecular weight excluding hydrogens is 360 g/mol. The van der Waals surface area contributed by atoms with Crippen molar-refractivity contribution >= 4 is 27.3 Å². The molecule has 0 radical (unpaired) electrons. The van der Waals surface area contributed by atoms with Crippen LogP contribution in [0.4, 0.5) is 5.69 Å². The van der Waals surface area contributed by atoms with Crippen LogP contribution >= 0.6 is 11.6 Å². The van der Waals surface area contributed by atoms with E-state index in [0.717, 1.165) is 11.4 Å². The Morgan fingerprint density at radius 1 is 1.04 bits per heavy atom. The number of hydrogen-bond acceptors (Lipinski definition) is 4. The van der Waals surface area contributed by atoms with Gasteiger partial charge in [0.25, 0.3) is 0 Å². The lowest BCUT2D eigenvalue weighted by molar-refractivity contribution is 0.337. The molecule has 0 atom stereocenters. The van der Waals surface area contributed by atoms with Crippen LogP contribution in [-0.4, -0.2) is 45.5 Å². The molecule has 0 unspecified atom stereocenters.